The summed E-state index contributed by atoms with van der Waals surface area (Å²) >= 11 is 0. The molecular formula is C12H15N3O3S. The zero-order valence-electron chi connectivity index (χ0n) is 10.5. The highest BCUT2D eigenvalue weighted by Gasteiger charge is 2.14. The van der Waals surface area contributed by atoms with Gasteiger partial charge in [0.15, 0.2) is 0 Å². The number of ether oxygens (including phenoxy) is 1. The normalized spacial score (nSPS) is 11.4. The van der Waals surface area contributed by atoms with Gasteiger partial charge in [-0.3, -0.25) is 5.10 Å². The second-order valence-electron chi connectivity index (χ2n) is 3.84. The molecule has 2 rings (SSSR count). The first-order valence-corrected chi connectivity index (χ1v) is 7.30. The van der Waals surface area contributed by atoms with E-state index in [1.807, 2.05) is 25.1 Å². The van der Waals surface area contributed by atoms with Gasteiger partial charge in [-0.05, 0) is 24.6 Å². The Labute approximate surface area is 111 Å². The molecule has 0 aliphatic heterocycles. The molecule has 19 heavy (non-hydrogen) atoms. The van der Waals surface area contributed by atoms with Crippen molar-refractivity contribution in [2.75, 3.05) is 6.61 Å². The molecule has 1 aromatic heterocycles. The molecule has 0 bridgehead atoms. The largest absolute Gasteiger partial charge is 0.494 e. The highest BCUT2D eigenvalue weighted by molar-refractivity contribution is 7.89. The lowest BCUT2D eigenvalue weighted by atomic mass is 10.2. The van der Waals surface area contributed by atoms with Crippen LogP contribution in [0.2, 0.25) is 0 Å². The summed E-state index contributed by atoms with van der Waals surface area (Å²) in [6.45, 7) is 2.67. The van der Waals surface area contributed by atoms with Crippen molar-refractivity contribution in [1.82, 2.24) is 14.9 Å². The number of aromatic nitrogens is 2. The maximum absolute atomic E-state index is 11.9. The van der Waals surface area contributed by atoms with E-state index in [-0.39, 0.29) is 11.4 Å². The van der Waals surface area contributed by atoms with Crippen LogP contribution in [-0.2, 0) is 16.6 Å². The van der Waals surface area contributed by atoms with Crippen LogP contribution < -0.4 is 9.46 Å². The first kappa shape index (κ1) is 13.6. The number of rotatable bonds is 6. The smallest absolute Gasteiger partial charge is 0.243 e. The van der Waals surface area contributed by atoms with Crippen LogP contribution >= 0.6 is 0 Å². The van der Waals surface area contributed by atoms with Gasteiger partial charge in [-0.15, -0.1) is 0 Å². The fourth-order valence-corrected chi connectivity index (χ4v) is 2.48. The highest BCUT2D eigenvalue weighted by atomic mass is 32.2. The lowest BCUT2D eigenvalue weighted by molar-refractivity contribution is 0.340. The third-order valence-corrected chi connectivity index (χ3v) is 3.83. The van der Waals surface area contributed by atoms with E-state index in [1.54, 1.807) is 6.07 Å². The zero-order chi connectivity index (χ0) is 13.7. The van der Waals surface area contributed by atoms with Crippen molar-refractivity contribution in [3.8, 4) is 5.75 Å². The van der Waals surface area contributed by atoms with Crippen LogP contribution in [0.4, 0.5) is 0 Å². The van der Waals surface area contributed by atoms with Gasteiger partial charge < -0.3 is 4.74 Å². The Kier molecular flexibility index (Phi) is 4.18. The molecule has 0 unspecified atom stereocenters. The molecule has 0 radical (unpaired) electrons. The van der Waals surface area contributed by atoms with Crippen molar-refractivity contribution in [3.63, 3.8) is 0 Å². The Bertz CT molecular complexity index is 623. The molecule has 2 aromatic rings. The minimum absolute atomic E-state index is 0.119. The molecule has 1 heterocycles. The Morgan fingerprint density at radius 1 is 1.42 bits per heavy atom. The summed E-state index contributed by atoms with van der Waals surface area (Å²) in [5.41, 5.74) is 0.831. The van der Waals surface area contributed by atoms with Crippen molar-refractivity contribution in [2.24, 2.45) is 0 Å². The molecule has 0 amide bonds. The molecule has 7 heteroatoms. The molecule has 0 saturated carbocycles. The van der Waals surface area contributed by atoms with Gasteiger partial charge in [0, 0.05) is 12.7 Å². The van der Waals surface area contributed by atoms with Crippen molar-refractivity contribution < 1.29 is 13.2 Å². The summed E-state index contributed by atoms with van der Waals surface area (Å²) in [6.07, 6.45) is 2.60. The Morgan fingerprint density at radius 3 is 2.95 bits per heavy atom. The lowest BCUT2D eigenvalue weighted by Crippen LogP contribution is -2.22. The summed E-state index contributed by atoms with van der Waals surface area (Å²) in [7, 11) is -3.52. The van der Waals surface area contributed by atoms with Crippen LogP contribution in [0.3, 0.4) is 0 Å². The first-order chi connectivity index (χ1) is 9.12. The van der Waals surface area contributed by atoms with Gasteiger partial charge in [0.25, 0.3) is 0 Å². The lowest BCUT2D eigenvalue weighted by Gasteiger charge is -2.07. The van der Waals surface area contributed by atoms with Gasteiger partial charge in [-0.1, -0.05) is 12.1 Å². The summed E-state index contributed by atoms with van der Waals surface area (Å²) in [6, 6.07) is 7.30. The summed E-state index contributed by atoms with van der Waals surface area (Å²) in [5.74, 6) is 0.725. The Morgan fingerprint density at radius 2 is 2.26 bits per heavy atom. The molecule has 0 aliphatic carbocycles. The number of benzene rings is 1. The molecule has 102 valence electrons. The highest BCUT2D eigenvalue weighted by Crippen LogP contribution is 2.14. The van der Waals surface area contributed by atoms with Crippen LogP contribution in [0, 0.1) is 0 Å². The summed E-state index contributed by atoms with van der Waals surface area (Å²) < 4.78 is 31.6. The van der Waals surface area contributed by atoms with E-state index in [1.165, 1.54) is 12.4 Å². The van der Waals surface area contributed by atoms with Gasteiger partial charge in [-0.2, -0.15) is 5.10 Å². The Balaban J connectivity index is 2.05. The third-order valence-electron chi connectivity index (χ3n) is 2.46. The van der Waals surface area contributed by atoms with Gasteiger partial charge in [0.1, 0.15) is 10.6 Å². The topological polar surface area (TPSA) is 84.1 Å². The van der Waals surface area contributed by atoms with Crippen molar-refractivity contribution in [3.05, 3.63) is 42.2 Å². The number of sulfonamides is 1. The molecule has 0 fully saturated rings. The van der Waals surface area contributed by atoms with E-state index in [4.69, 9.17) is 4.74 Å². The van der Waals surface area contributed by atoms with Crippen molar-refractivity contribution >= 4 is 10.0 Å². The van der Waals surface area contributed by atoms with Gasteiger partial charge in [-0.25, -0.2) is 13.1 Å². The van der Waals surface area contributed by atoms with Crippen LogP contribution in [-0.4, -0.2) is 25.2 Å². The fraction of sp³-hybridized carbons (Fsp3) is 0.250. The van der Waals surface area contributed by atoms with E-state index < -0.39 is 10.0 Å². The number of H-pyrrole nitrogens is 1. The minimum atomic E-state index is -3.52. The molecule has 0 aliphatic rings. The van der Waals surface area contributed by atoms with Gasteiger partial charge in [0.2, 0.25) is 10.0 Å². The quantitative estimate of drug-likeness (QED) is 0.835. The monoisotopic (exact) mass is 281 g/mol. The maximum Gasteiger partial charge on any atom is 0.243 e. The SMILES string of the molecule is CCOc1cccc(CNS(=O)(=O)c2cn[nH]c2)c1. The second-order valence-corrected chi connectivity index (χ2v) is 5.61. The predicted octanol–water partition coefficient (Wildman–Crippen LogP) is 1.29. The van der Waals surface area contributed by atoms with Crippen LogP contribution in [0.1, 0.15) is 12.5 Å². The van der Waals surface area contributed by atoms with E-state index in [0.717, 1.165) is 11.3 Å². The Hall–Kier alpha value is -1.86. The number of hydrogen-bond donors (Lipinski definition) is 2. The molecule has 6 nitrogen and oxygen atoms in total. The van der Waals surface area contributed by atoms with E-state index in [9.17, 15) is 8.42 Å². The first-order valence-electron chi connectivity index (χ1n) is 5.82. The van der Waals surface area contributed by atoms with E-state index >= 15 is 0 Å². The van der Waals surface area contributed by atoms with E-state index in [2.05, 4.69) is 14.9 Å². The van der Waals surface area contributed by atoms with Crippen LogP contribution in [0.25, 0.3) is 0 Å². The van der Waals surface area contributed by atoms with Gasteiger partial charge in [0.05, 0.1) is 12.8 Å². The maximum atomic E-state index is 11.9. The number of hydrogen-bond acceptors (Lipinski definition) is 4. The van der Waals surface area contributed by atoms with Gasteiger partial charge >= 0.3 is 0 Å². The summed E-state index contributed by atoms with van der Waals surface area (Å²) in [5, 5.41) is 6.09. The van der Waals surface area contributed by atoms with Crippen molar-refractivity contribution in [2.45, 2.75) is 18.4 Å². The molecule has 0 atom stereocenters. The van der Waals surface area contributed by atoms with Crippen LogP contribution in [0.15, 0.2) is 41.6 Å². The minimum Gasteiger partial charge on any atom is -0.494 e. The molecular weight excluding hydrogens is 266 g/mol. The number of aromatic amines is 1. The second kappa shape index (κ2) is 5.85. The molecule has 1 aromatic carbocycles. The van der Waals surface area contributed by atoms with Crippen LogP contribution in [0.5, 0.6) is 5.75 Å². The predicted molar refractivity (Wildman–Crippen MR) is 70.2 cm³/mol. The standard InChI is InChI=1S/C12H15N3O3S/c1-2-18-11-5-3-4-10(6-11)7-15-19(16,17)12-8-13-14-9-12/h3-6,8-9,15H,2,7H2,1H3,(H,13,14). The zero-order valence-corrected chi connectivity index (χ0v) is 11.3. The van der Waals surface area contributed by atoms with Crippen molar-refractivity contribution in [1.29, 1.82) is 0 Å². The molecule has 2 N–H and O–H groups in total. The fourth-order valence-electron chi connectivity index (χ4n) is 1.56. The summed E-state index contributed by atoms with van der Waals surface area (Å²) in [4.78, 5) is 0.119. The molecule has 0 spiro atoms. The number of nitrogens with zero attached hydrogens (tertiary/aromatic N) is 1. The molecule has 0 saturated heterocycles. The third kappa shape index (κ3) is 3.55. The van der Waals surface area contributed by atoms with E-state index in [0.29, 0.717) is 6.61 Å². The average Bonchev–Trinajstić information content (AvgIpc) is 2.92. The number of nitrogens with one attached hydrogen (secondary N) is 2. The average molecular weight is 281 g/mol.